The zero-order valence-electron chi connectivity index (χ0n) is 12.6. The van der Waals surface area contributed by atoms with Gasteiger partial charge in [-0.2, -0.15) is 13.2 Å². The normalized spacial score (nSPS) is 25.6. The number of nitrogens with zero attached hydrogens (tertiary/aromatic N) is 1. The molecule has 1 aliphatic heterocycles. The fourth-order valence-corrected chi connectivity index (χ4v) is 2.95. The Hall–Kier alpha value is -0.290. The molecule has 0 aliphatic carbocycles. The summed E-state index contributed by atoms with van der Waals surface area (Å²) in [7, 11) is 0. The Bertz CT molecular complexity index is 281. The van der Waals surface area contributed by atoms with Gasteiger partial charge in [-0.3, -0.25) is 4.90 Å². The quantitative estimate of drug-likeness (QED) is 0.849. The second kappa shape index (κ2) is 6.00. The molecule has 2 unspecified atom stereocenters. The first-order valence-corrected chi connectivity index (χ1v) is 7.08. The van der Waals surface area contributed by atoms with Crippen LogP contribution in [0.25, 0.3) is 0 Å². The highest BCUT2D eigenvalue weighted by Gasteiger charge is 2.44. The van der Waals surface area contributed by atoms with E-state index in [0.29, 0.717) is 6.04 Å². The number of alkyl halides is 3. The van der Waals surface area contributed by atoms with E-state index in [-0.39, 0.29) is 24.5 Å². The molecule has 2 nitrogen and oxygen atoms in total. The molecule has 2 atom stereocenters. The van der Waals surface area contributed by atoms with Gasteiger partial charge >= 0.3 is 6.18 Å². The summed E-state index contributed by atoms with van der Waals surface area (Å²) in [6.07, 6.45) is -3.05. The lowest BCUT2D eigenvalue weighted by molar-refractivity contribution is -0.169. The average molecular weight is 280 g/mol. The van der Waals surface area contributed by atoms with Crippen molar-refractivity contribution in [1.82, 2.24) is 10.2 Å². The van der Waals surface area contributed by atoms with Crippen LogP contribution in [0, 0.1) is 5.92 Å². The van der Waals surface area contributed by atoms with E-state index in [9.17, 15) is 13.2 Å². The lowest BCUT2D eigenvalue weighted by atomic mass is 10.00. The molecular formula is C14H27F3N2. The van der Waals surface area contributed by atoms with Crippen LogP contribution in [-0.4, -0.2) is 41.8 Å². The predicted molar refractivity (Wildman–Crippen MR) is 72.2 cm³/mol. The molecule has 0 bridgehead atoms. The summed E-state index contributed by atoms with van der Waals surface area (Å²) in [5, 5.41) is 3.01. The first-order chi connectivity index (χ1) is 8.51. The third-order valence-corrected chi connectivity index (χ3v) is 3.89. The molecule has 0 saturated carbocycles. The fraction of sp³-hybridized carbons (Fsp3) is 1.00. The minimum Gasteiger partial charge on any atom is -0.313 e. The van der Waals surface area contributed by atoms with Gasteiger partial charge in [0.2, 0.25) is 0 Å². The molecule has 0 amide bonds. The van der Waals surface area contributed by atoms with Crippen molar-refractivity contribution in [3.05, 3.63) is 0 Å². The van der Waals surface area contributed by atoms with Gasteiger partial charge in [-0.15, -0.1) is 0 Å². The van der Waals surface area contributed by atoms with Crippen LogP contribution < -0.4 is 5.32 Å². The van der Waals surface area contributed by atoms with Gasteiger partial charge in [-0.25, -0.2) is 0 Å². The molecule has 1 fully saturated rings. The van der Waals surface area contributed by atoms with Crippen molar-refractivity contribution in [3.63, 3.8) is 0 Å². The number of hydrogen-bond donors (Lipinski definition) is 1. The largest absolute Gasteiger partial charge is 0.393 e. The molecule has 114 valence electrons. The van der Waals surface area contributed by atoms with E-state index in [0.717, 1.165) is 13.0 Å². The Balaban J connectivity index is 2.45. The third kappa shape index (κ3) is 4.95. The van der Waals surface area contributed by atoms with Gasteiger partial charge in [-0.1, -0.05) is 0 Å². The fourth-order valence-electron chi connectivity index (χ4n) is 2.95. The lowest BCUT2D eigenvalue weighted by Crippen LogP contribution is -2.47. The second-order valence-electron chi connectivity index (χ2n) is 6.83. The highest BCUT2D eigenvalue weighted by molar-refractivity contribution is 4.87. The van der Waals surface area contributed by atoms with E-state index in [1.165, 1.54) is 0 Å². The minimum absolute atomic E-state index is 0.00442. The van der Waals surface area contributed by atoms with Crippen LogP contribution >= 0.6 is 0 Å². The first-order valence-electron chi connectivity index (χ1n) is 7.08. The van der Waals surface area contributed by atoms with E-state index < -0.39 is 12.1 Å². The number of rotatable bonds is 4. The third-order valence-electron chi connectivity index (χ3n) is 3.89. The number of hydrogen-bond acceptors (Lipinski definition) is 2. The van der Waals surface area contributed by atoms with Crippen LogP contribution in [-0.2, 0) is 0 Å². The van der Waals surface area contributed by atoms with E-state index in [1.807, 2.05) is 0 Å². The SMILES string of the molecule is CC(C)N(CCC1CC(C(F)(F)F)CN1)C(C)(C)C. The van der Waals surface area contributed by atoms with Crippen LogP contribution in [0.15, 0.2) is 0 Å². The van der Waals surface area contributed by atoms with Crippen molar-refractivity contribution in [2.24, 2.45) is 5.92 Å². The molecular weight excluding hydrogens is 253 g/mol. The highest BCUT2D eigenvalue weighted by Crippen LogP contribution is 2.33. The second-order valence-corrected chi connectivity index (χ2v) is 6.83. The van der Waals surface area contributed by atoms with Gasteiger partial charge in [0.1, 0.15) is 0 Å². The standard InChI is InChI=1S/C14H27F3N2/c1-10(2)19(13(3,4)5)7-6-12-8-11(9-18-12)14(15,16)17/h10-12,18H,6-9H2,1-5H3. The molecule has 5 heteroatoms. The average Bonchev–Trinajstić information content (AvgIpc) is 2.62. The predicted octanol–water partition coefficient (Wildman–Crippen LogP) is 3.43. The van der Waals surface area contributed by atoms with Gasteiger partial charge in [0, 0.05) is 30.7 Å². The van der Waals surface area contributed by atoms with E-state index >= 15 is 0 Å². The minimum atomic E-state index is -4.05. The molecule has 1 saturated heterocycles. The molecule has 1 heterocycles. The van der Waals surface area contributed by atoms with Crippen LogP contribution in [0.3, 0.4) is 0 Å². The smallest absolute Gasteiger partial charge is 0.313 e. The Labute approximate surface area is 114 Å². The van der Waals surface area contributed by atoms with Crippen molar-refractivity contribution in [3.8, 4) is 0 Å². The summed E-state index contributed by atoms with van der Waals surface area (Å²) >= 11 is 0. The summed E-state index contributed by atoms with van der Waals surface area (Å²) in [5.41, 5.74) is 0.0518. The molecule has 19 heavy (non-hydrogen) atoms. The van der Waals surface area contributed by atoms with Gasteiger partial charge < -0.3 is 5.32 Å². The molecule has 0 spiro atoms. The van der Waals surface area contributed by atoms with Crippen LogP contribution in [0.5, 0.6) is 0 Å². The van der Waals surface area contributed by atoms with Gasteiger partial charge in [-0.05, 0) is 47.5 Å². The Morgan fingerprint density at radius 1 is 1.21 bits per heavy atom. The summed E-state index contributed by atoms with van der Waals surface area (Å²) in [6.45, 7) is 11.6. The van der Waals surface area contributed by atoms with Crippen molar-refractivity contribution >= 4 is 0 Å². The van der Waals surface area contributed by atoms with Crippen molar-refractivity contribution in [2.45, 2.75) is 71.3 Å². The molecule has 1 N–H and O–H groups in total. The lowest BCUT2D eigenvalue weighted by Gasteiger charge is -2.39. The maximum atomic E-state index is 12.6. The van der Waals surface area contributed by atoms with E-state index in [4.69, 9.17) is 0 Å². The molecule has 0 aromatic heterocycles. The topological polar surface area (TPSA) is 15.3 Å². The molecule has 0 radical (unpaired) electrons. The van der Waals surface area contributed by atoms with Crippen molar-refractivity contribution in [1.29, 1.82) is 0 Å². The number of halogens is 3. The summed E-state index contributed by atoms with van der Waals surface area (Å²) < 4.78 is 37.8. The Kier molecular flexibility index (Phi) is 5.29. The zero-order chi connectivity index (χ0) is 14.8. The van der Waals surface area contributed by atoms with Crippen LogP contribution in [0.1, 0.15) is 47.5 Å². The summed E-state index contributed by atoms with van der Waals surface area (Å²) in [6, 6.07) is 0.398. The molecule has 1 aliphatic rings. The summed E-state index contributed by atoms with van der Waals surface area (Å²) in [5.74, 6) is -1.17. The maximum absolute atomic E-state index is 12.6. The zero-order valence-corrected chi connectivity index (χ0v) is 12.6. The van der Waals surface area contributed by atoms with Crippen molar-refractivity contribution < 1.29 is 13.2 Å². The van der Waals surface area contributed by atoms with Crippen LogP contribution in [0.4, 0.5) is 13.2 Å². The van der Waals surface area contributed by atoms with Gasteiger partial charge in [0.05, 0.1) is 5.92 Å². The van der Waals surface area contributed by atoms with Gasteiger partial charge in [0.25, 0.3) is 0 Å². The van der Waals surface area contributed by atoms with E-state index in [2.05, 4.69) is 44.8 Å². The maximum Gasteiger partial charge on any atom is 0.393 e. The summed E-state index contributed by atoms with van der Waals surface area (Å²) in [4.78, 5) is 2.34. The molecule has 1 rings (SSSR count). The van der Waals surface area contributed by atoms with Gasteiger partial charge in [0.15, 0.2) is 0 Å². The van der Waals surface area contributed by atoms with Crippen molar-refractivity contribution in [2.75, 3.05) is 13.1 Å². The first kappa shape index (κ1) is 16.8. The number of nitrogens with one attached hydrogen (secondary N) is 1. The molecule has 0 aromatic carbocycles. The van der Waals surface area contributed by atoms with Crippen LogP contribution in [0.2, 0.25) is 0 Å². The Morgan fingerprint density at radius 3 is 2.16 bits per heavy atom. The molecule has 0 aromatic rings. The highest BCUT2D eigenvalue weighted by atomic mass is 19.4. The van der Waals surface area contributed by atoms with E-state index in [1.54, 1.807) is 0 Å². The Morgan fingerprint density at radius 2 is 1.79 bits per heavy atom. The monoisotopic (exact) mass is 280 g/mol.